The van der Waals surface area contributed by atoms with Gasteiger partial charge in [-0.2, -0.15) is 0 Å². The van der Waals surface area contributed by atoms with Crippen LogP contribution in [-0.2, 0) is 17.8 Å². The Morgan fingerprint density at radius 1 is 0.947 bits per heavy atom. The molecule has 0 saturated heterocycles. The molecule has 1 N–H and O–H groups in total. The number of aromatic amines is 1. The molecule has 0 fully saturated rings. The lowest BCUT2D eigenvalue weighted by molar-refractivity contribution is -0.384. The van der Waals surface area contributed by atoms with E-state index in [2.05, 4.69) is 11.1 Å². The Bertz CT molecular complexity index is 1410. The second-order valence-electron chi connectivity index (χ2n) is 9.80. The van der Waals surface area contributed by atoms with Crippen molar-refractivity contribution >= 4 is 28.4 Å². The average Bonchev–Trinajstić information content (AvgIpc) is 3.33. The number of nitrogens with one attached hydrogen (secondary N) is 1. The number of amides is 2. The summed E-state index contributed by atoms with van der Waals surface area (Å²) in [5.41, 5.74) is 3.21. The maximum atomic E-state index is 13.7. The van der Waals surface area contributed by atoms with E-state index in [0.717, 1.165) is 22.0 Å². The fourth-order valence-corrected chi connectivity index (χ4v) is 4.55. The highest BCUT2D eigenvalue weighted by molar-refractivity contribution is 5.97. The van der Waals surface area contributed by atoms with E-state index >= 15 is 0 Å². The highest BCUT2D eigenvalue weighted by Gasteiger charge is 2.24. The molecule has 0 bridgehead atoms. The van der Waals surface area contributed by atoms with Crippen molar-refractivity contribution in [2.24, 2.45) is 5.92 Å². The van der Waals surface area contributed by atoms with Gasteiger partial charge in [0.15, 0.2) is 0 Å². The summed E-state index contributed by atoms with van der Waals surface area (Å²) >= 11 is 0. The van der Waals surface area contributed by atoms with Crippen LogP contribution in [0.25, 0.3) is 10.9 Å². The van der Waals surface area contributed by atoms with Gasteiger partial charge in [0.1, 0.15) is 6.54 Å². The molecule has 38 heavy (non-hydrogen) atoms. The van der Waals surface area contributed by atoms with Gasteiger partial charge in [0.2, 0.25) is 5.91 Å². The van der Waals surface area contributed by atoms with Crippen molar-refractivity contribution in [1.29, 1.82) is 0 Å². The summed E-state index contributed by atoms with van der Waals surface area (Å²) in [6.07, 6.45) is 2.64. The van der Waals surface area contributed by atoms with E-state index in [1.54, 1.807) is 11.0 Å². The van der Waals surface area contributed by atoms with E-state index in [0.29, 0.717) is 26.1 Å². The Labute approximate surface area is 222 Å². The van der Waals surface area contributed by atoms with Gasteiger partial charge in [-0.1, -0.05) is 68.4 Å². The summed E-state index contributed by atoms with van der Waals surface area (Å²) in [4.78, 5) is 44.4. The second kappa shape index (κ2) is 12.2. The fraction of sp³-hybridized carbons (Fsp3) is 0.267. The summed E-state index contributed by atoms with van der Waals surface area (Å²) in [6, 6.07) is 23.5. The van der Waals surface area contributed by atoms with Crippen molar-refractivity contribution in [3.63, 3.8) is 0 Å². The van der Waals surface area contributed by atoms with Crippen LogP contribution in [0.15, 0.2) is 85.1 Å². The molecule has 8 nitrogen and oxygen atoms in total. The lowest BCUT2D eigenvalue weighted by atomic mass is 10.1. The molecule has 0 aliphatic carbocycles. The molecule has 4 aromatic rings. The van der Waals surface area contributed by atoms with Crippen molar-refractivity contribution in [2.45, 2.75) is 26.8 Å². The molecule has 1 heterocycles. The second-order valence-corrected chi connectivity index (χ2v) is 9.80. The van der Waals surface area contributed by atoms with E-state index in [4.69, 9.17) is 0 Å². The minimum atomic E-state index is -0.527. The number of carbonyl (C=O) groups is 2. The Kier molecular flexibility index (Phi) is 8.53. The SMILES string of the molecule is CC(C)CN(CC(=O)N(CCc1c[nH]c2ccccc12)Cc1ccccc1)C(=O)c1cccc([N+](=O)[O-])c1. The van der Waals surface area contributed by atoms with Crippen LogP contribution in [0.1, 0.15) is 35.3 Å². The number of hydrogen-bond acceptors (Lipinski definition) is 4. The number of aromatic nitrogens is 1. The number of para-hydroxylation sites is 1. The molecule has 1 aromatic heterocycles. The molecule has 0 saturated carbocycles. The molecule has 0 unspecified atom stereocenters. The van der Waals surface area contributed by atoms with Gasteiger partial charge in [-0.25, -0.2) is 0 Å². The quantitative estimate of drug-likeness (QED) is 0.213. The monoisotopic (exact) mass is 512 g/mol. The van der Waals surface area contributed by atoms with Crippen LogP contribution in [0, 0.1) is 16.0 Å². The minimum absolute atomic E-state index is 0.110. The van der Waals surface area contributed by atoms with Crippen LogP contribution >= 0.6 is 0 Å². The Hall–Kier alpha value is -4.46. The zero-order valence-electron chi connectivity index (χ0n) is 21.7. The molecule has 3 aromatic carbocycles. The summed E-state index contributed by atoms with van der Waals surface area (Å²) in [6.45, 7) is 5.09. The third-order valence-corrected chi connectivity index (χ3v) is 6.40. The molecule has 196 valence electrons. The third-order valence-electron chi connectivity index (χ3n) is 6.40. The van der Waals surface area contributed by atoms with E-state index in [-0.39, 0.29) is 29.6 Å². The average molecular weight is 513 g/mol. The molecule has 0 spiro atoms. The minimum Gasteiger partial charge on any atom is -0.361 e. The van der Waals surface area contributed by atoms with Gasteiger partial charge in [0.05, 0.1) is 4.92 Å². The predicted molar refractivity (Wildman–Crippen MR) is 148 cm³/mol. The predicted octanol–water partition coefficient (Wildman–Crippen LogP) is 5.45. The number of nitro benzene ring substituents is 1. The summed E-state index contributed by atoms with van der Waals surface area (Å²) in [7, 11) is 0. The maximum Gasteiger partial charge on any atom is 0.270 e. The van der Waals surface area contributed by atoms with Gasteiger partial charge in [-0.15, -0.1) is 0 Å². The first-order valence-corrected chi connectivity index (χ1v) is 12.7. The third kappa shape index (κ3) is 6.64. The number of rotatable bonds is 11. The van der Waals surface area contributed by atoms with Crippen LogP contribution in [0.5, 0.6) is 0 Å². The lowest BCUT2D eigenvalue weighted by Gasteiger charge is -2.29. The van der Waals surface area contributed by atoms with E-state index < -0.39 is 10.8 Å². The van der Waals surface area contributed by atoms with Crippen molar-refractivity contribution in [3.8, 4) is 0 Å². The molecule has 0 aliphatic heterocycles. The van der Waals surface area contributed by atoms with E-state index in [9.17, 15) is 19.7 Å². The largest absolute Gasteiger partial charge is 0.361 e. The topological polar surface area (TPSA) is 99.6 Å². The van der Waals surface area contributed by atoms with Crippen molar-refractivity contribution < 1.29 is 14.5 Å². The number of H-pyrrole nitrogens is 1. The Morgan fingerprint density at radius 3 is 2.42 bits per heavy atom. The molecular formula is C30H32N4O4. The Morgan fingerprint density at radius 2 is 1.68 bits per heavy atom. The fourth-order valence-electron chi connectivity index (χ4n) is 4.55. The van der Waals surface area contributed by atoms with Crippen LogP contribution in [0.3, 0.4) is 0 Å². The number of carbonyl (C=O) groups excluding carboxylic acids is 2. The zero-order valence-corrected chi connectivity index (χ0v) is 21.7. The van der Waals surface area contributed by atoms with Gasteiger partial charge in [0, 0.05) is 54.4 Å². The van der Waals surface area contributed by atoms with Gasteiger partial charge >= 0.3 is 0 Å². The smallest absolute Gasteiger partial charge is 0.270 e. The summed E-state index contributed by atoms with van der Waals surface area (Å²) < 4.78 is 0. The van der Waals surface area contributed by atoms with Gasteiger partial charge in [-0.05, 0) is 35.6 Å². The molecule has 4 rings (SSSR count). The molecule has 0 radical (unpaired) electrons. The lowest BCUT2D eigenvalue weighted by Crippen LogP contribution is -2.44. The zero-order chi connectivity index (χ0) is 27.1. The van der Waals surface area contributed by atoms with E-state index in [1.165, 1.54) is 23.1 Å². The number of non-ortho nitro benzene ring substituents is 1. The van der Waals surface area contributed by atoms with Gasteiger partial charge < -0.3 is 14.8 Å². The highest BCUT2D eigenvalue weighted by atomic mass is 16.6. The number of nitro groups is 1. The van der Waals surface area contributed by atoms with Crippen molar-refractivity contribution in [2.75, 3.05) is 19.6 Å². The van der Waals surface area contributed by atoms with E-state index in [1.807, 2.05) is 68.6 Å². The normalized spacial score (nSPS) is 11.0. The number of nitrogens with zero attached hydrogens (tertiary/aromatic N) is 3. The summed E-state index contributed by atoms with van der Waals surface area (Å²) in [5, 5.41) is 12.4. The van der Waals surface area contributed by atoms with Crippen molar-refractivity contribution in [3.05, 3.63) is 112 Å². The Balaban J connectivity index is 1.55. The molecule has 2 amide bonds. The maximum absolute atomic E-state index is 13.7. The number of hydrogen-bond donors (Lipinski definition) is 1. The van der Waals surface area contributed by atoms with Gasteiger partial charge in [-0.3, -0.25) is 19.7 Å². The molecular weight excluding hydrogens is 480 g/mol. The number of benzene rings is 3. The van der Waals surface area contributed by atoms with Crippen LogP contribution in [-0.4, -0.2) is 51.2 Å². The van der Waals surface area contributed by atoms with Crippen LogP contribution in [0.2, 0.25) is 0 Å². The van der Waals surface area contributed by atoms with Crippen LogP contribution in [0.4, 0.5) is 5.69 Å². The first kappa shape index (κ1) is 26.6. The standard InChI is InChI=1S/C30H32N4O4/c1-22(2)19-33(30(36)24-11-8-12-26(17-24)34(37)38)21-29(35)32(20-23-9-4-3-5-10-23)16-15-25-18-31-28-14-7-6-13-27(25)28/h3-14,17-18,22,31H,15-16,19-21H2,1-2H3. The number of fused-ring (bicyclic) bond motifs is 1. The highest BCUT2D eigenvalue weighted by Crippen LogP contribution is 2.20. The molecule has 8 heteroatoms. The molecule has 0 aliphatic rings. The summed E-state index contributed by atoms with van der Waals surface area (Å²) in [5.74, 6) is -0.459. The molecule has 0 atom stereocenters. The van der Waals surface area contributed by atoms with Gasteiger partial charge in [0.25, 0.3) is 11.6 Å². The van der Waals surface area contributed by atoms with Crippen molar-refractivity contribution in [1.82, 2.24) is 14.8 Å². The first-order chi connectivity index (χ1) is 18.3. The first-order valence-electron chi connectivity index (χ1n) is 12.7. The van der Waals surface area contributed by atoms with Crippen LogP contribution < -0.4 is 0 Å².